The van der Waals surface area contributed by atoms with E-state index in [-0.39, 0.29) is 5.02 Å². The second-order valence-electron chi connectivity index (χ2n) is 2.67. The van der Waals surface area contributed by atoms with Crippen molar-refractivity contribution in [2.24, 2.45) is 0 Å². The fraction of sp³-hybridized carbons (Fsp3) is 0.375. The number of pyridine rings is 1. The van der Waals surface area contributed by atoms with Gasteiger partial charge in [-0.25, -0.2) is 13.8 Å². The molecule has 0 bridgehead atoms. The van der Waals surface area contributed by atoms with Gasteiger partial charge in [0.15, 0.2) is 0 Å². The van der Waals surface area contributed by atoms with E-state index in [2.05, 4.69) is 4.98 Å². The lowest BCUT2D eigenvalue weighted by molar-refractivity contribution is -0.0306. The van der Waals surface area contributed by atoms with E-state index >= 15 is 0 Å². The first-order valence-electron chi connectivity index (χ1n) is 3.77. The number of alkyl halides is 2. The molecule has 0 atom stereocenters. The molecule has 0 saturated heterocycles. The quantitative estimate of drug-likeness (QED) is 0.801. The third-order valence-corrected chi connectivity index (χ3v) is 1.83. The summed E-state index contributed by atoms with van der Waals surface area (Å²) in [5.41, 5.74) is -0.890. The predicted molar refractivity (Wildman–Crippen MR) is 44.8 cm³/mol. The standard InChI is InChI=1S/C8H7ClF3NO/c9-5-3-6(7(10)13-4-5)8(11,12)1-2-14/h3-4,14H,1-2H2. The zero-order valence-electron chi connectivity index (χ0n) is 6.98. The Balaban J connectivity index is 3.10. The monoisotopic (exact) mass is 225 g/mol. The minimum absolute atomic E-state index is 0.0704. The van der Waals surface area contributed by atoms with E-state index in [1.807, 2.05) is 0 Å². The second kappa shape index (κ2) is 4.14. The van der Waals surface area contributed by atoms with Gasteiger partial charge in [0.25, 0.3) is 5.92 Å². The van der Waals surface area contributed by atoms with Crippen molar-refractivity contribution in [2.45, 2.75) is 12.3 Å². The number of halogens is 4. The van der Waals surface area contributed by atoms with Crippen LogP contribution in [-0.2, 0) is 5.92 Å². The Morgan fingerprint density at radius 3 is 2.71 bits per heavy atom. The van der Waals surface area contributed by atoms with Crippen molar-refractivity contribution in [3.05, 3.63) is 28.8 Å². The van der Waals surface area contributed by atoms with Gasteiger partial charge in [0.1, 0.15) is 0 Å². The Morgan fingerprint density at radius 1 is 1.50 bits per heavy atom. The molecule has 0 unspecified atom stereocenters. The number of aliphatic hydroxyl groups excluding tert-OH is 1. The molecule has 1 aromatic heterocycles. The molecule has 2 nitrogen and oxygen atoms in total. The Labute approximate surface area is 83.3 Å². The van der Waals surface area contributed by atoms with Crippen LogP contribution in [-0.4, -0.2) is 16.7 Å². The van der Waals surface area contributed by atoms with Crippen LogP contribution in [0.15, 0.2) is 12.3 Å². The smallest absolute Gasteiger partial charge is 0.279 e. The van der Waals surface area contributed by atoms with Crippen molar-refractivity contribution in [1.29, 1.82) is 0 Å². The van der Waals surface area contributed by atoms with Crippen LogP contribution in [0.4, 0.5) is 13.2 Å². The second-order valence-corrected chi connectivity index (χ2v) is 3.11. The van der Waals surface area contributed by atoms with E-state index in [0.717, 1.165) is 12.3 Å². The van der Waals surface area contributed by atoms with Gasteiger partial charge in [-0.2, -0.15) is 4.39 Å². The fourth-order valence-electron chi connectivity index (χ4n) is 0.954. The SMILES string of the molecule is OCCC(F)(F)c1cc(Cl)cnc1F. The van der Waals surface area contributed by atoms with E-state index in [0.29, 0.717) is 0 Å². The topological polar surface area (TPSA) is 33.1 Å². The van der Waals surface area contributed by atoms with Crippen LogP contribution in [0.1, 0.15) is 12.0 Å². The van der Waals surface area contributed by atoms with Gasteiger partial charge in [0.05, 0.1) is 10.6 Å². The molecule has 0 amide bonds. The Kier molecular flexibility index (Phi) is 3.34. The van der Waals surface area contributed by atoms with Crippen LogP contribution in [0.5, 0.6) is 0 Å². The highest BCUT2D eigenvalue weighted by molar-refractivity contribution is 6.30. The van der Waals surface area contributed by atoms with Crippen LogP contribution >= 0.6 is 11.6 Å². The first-order chi connectivity index (χ1) is 6.47. The van der Waals surface area contributed by atoms with Crippen molar-refractivity contribution >= 4 is 11.6 Å². The molecule has 1 aromatic rings. The van der Waals surface area contributed by atoms with Gasteiger partial charge < -0.3 is 5.11 Å². The maximum absolute atomic E-state index is 13.1. The van der Waals surface area contributed by atoms with E-state index in [4.69, 9.17) is 16.7 Å². The van der Waals surface area contributed by atoms with Gasteiger partial charge in [-0.1, -0.05) is 11.6 Å². The lowest BCUT2D eigenvalue weighted by Gasteiger charge is -2.15. The highest BCUT2D eigenvalue weighted by Gasteiger charge is 2.34. The Hall–Kier alpha value is -0.810. The summed E-state index contributed by atoms with van der Waals surface area (Å²) >= 11 is 5.40. The lowest BCUT2D eigenvalue weighted by atomic mass is 10.1. The normalized spacial score (nSPS) is 11.8. The molecule has 0 spiro atoms. The largest absolute Gasteiger partial charge is 0.396 e. The molecule has 0 aliphatic carbocycles. The van der Waals surface area contributed by atoms with Crippen LogP contribution in [0.2, 0.25) is 5.02 Å². The third-order valence-electron chi connectivity index (χ3n) is 1.63. The van der Waals surface area contributed by atoms with Crippen LogP contribution in [0.25, 0.3) is 0 Å². The summed E-state index contributed by atoms with van der Waals surface area (Å²) in [4.78, 5) is 3.07. The van der Waals surface area contributed by atoms with E-state index < -0.39 is 30.5 Å². The zero-order chi connectivity index (χ0) is 10.8. The van der Waals surface area contributed by atoms with Crippen LogP contribution in [0.3, 0.4) is 0 Å². The summed E-state index contributed by atoms with van der Waals surface area (Å²) in [5, 5.41) is 8.30. The van der Waals surface area contributed by atoms with Crippen molar-refractivity contribution < 1.29 is 18.3 Å². The van der Waals surface area contributed by atoms with Gasteiger partial charge in [0, 0.05) is 19.2 Å². The van der Waals surface area contributed by atoms with Gasteiger partial charge in [-0.15, -0.1) is 0 Å². The minimum atomic E-state index is -3.45. The number of aromatic nitrogens is 1. The molecule has 1 rings (SSSR count). The summed E-state index contributed by atoms with van der Waals surface area (Å²) in [6.07, 6.45) is 0.0847. The molecule has 14 heavy (non-hydrogen) atoms. The first-order valence-corrected chi connectivity index (χ1v) is 4.15. The van der Waals surface area contributed by atoms with Gasteiger partial charge in [-0.05, 0) is 6.07 Å². The Morgan fingerprint density at radius 2 is 2.14 bits per heavy atom. The molecule has 6 heteroatoms. The number of hydrogen-bond donors (Lipinski definition) is 1. The third kappa shape index (κ3) is 2.36. The van der Waals surface area contributed by atoms with Gasteiger partial charge >= 0.3 is 0 Å². The predicted octanol–water partition coefficient (Wildman–Crippen LogP) is 2.35. The summed E-state index contributed by atoms with van der Waals surface area (Å²) in [7, 11) is 0. The molecule has 78 valence electrons. The molecule has 0 aliphatic heterocycles. The summed E-state index contributed by atoms with van der Waals surface area (Å²) < 4.78 is 39.1. The Bertz CT molecular complexity index is 332. The summed E-state index contributed by atoms with van der Waals surface area (Å²) in [6, 6.07) is 0.805. The number of aliphatic hydroxyl groups is 1. The molecule has 0 radical (unpaired) electrons. The van der Waals surface area contributed by atoms with E-state index in [1.165, 1.54) is 0 Å². The molecule has 0 aromatic carbocycles. The van der Waals surface area contributed by atoms with Crippen LogP contribution < -0.4 is 0 Å². The molecular weight excluding hydrogens is 219 g/mol. The van der Waals surface area contributed by atoms with E-state index in [1.54, 1.807) is 0 Å². The average Bonchev–Trinajstić information content (AvgIpc) is 2.09. The minimum Gasteiger partial charge on any atom is -0.396 e. The van der Waals surface area contributed by atoms with E-state index in [9.17, 15) is 13.2 Å². The van der Waals surface area contributed by atoms with Gasteiger partial charge in [-0.3, -0.25) is 0 Å². The van der Waals surface area contributed by atoms with Crippen molar-refractivity contribution in [3.8, 4) is 0 Å². The fourth-order valence-corrected chi connectivity index (χ4v) is 1.11. The zero-order valence-corrected chi connectivity index (χ0v) is 7.73. The molecular formula is C8H7ClF3NO. The maximum Gasteiger partial charge on any atom is 0.279 e. The van der Waals surface area contributed by atoms with Crippen molar-refractivity contribution in [1.82, 2.24) is 4.98 Å². The summed E-state index contributed by atoms with van der Waals surface area (Å²) in [5.74, 6) is -4.72. The van der Waals surface area contributed by atoms with Crippen LogP contribution in [0, 0.1) is 5.95 Å². The maximum atomic E-state index is 13.1. The van der Waals surface area contributed by atoms with Gasteiger partial charge in [0.2, 0.25) is 5.95 Å². The van der Waals surface area contributed by atoms with Crippen molar-refractivity contribution in [3.63, 3.8) is 0 Å². The highest BCUT2D eigenvalue weighted by Crippen LogP contribution is 2.33. The molecule has 0 fully saturated rings. The molecule has 0 aliphatic rings. The van der Waals surface area contributed by atoms with Crippen molar-refractivity contribution in [2.75, 3.05) is 6.61 Å². The highest BCUT2D eigenvalue weighted by atomic mass is 35.5. The summed E-state index contributed by atoms with van der Waals surface area (Å²) in [6.45, 7) is -0.737. The lowest BCUT2D eigenvalue weighted by Crippen LogP contribution is -2.17. The average molecular weight is 226 g/mol. The molecule has 1 heterocycles. The number of rotatable bonds is 3. The molecule has 1 N–H and O–H groups in total. The number of hydrogen-bond acceptors (Lipinski definition) is 2. The molecule has 0 saturated carbocycles. The number of nitrogens with zero attached hydrogens (tertiary/aromatic N) is 1. The first kappa shape index (κ1) is 11.3.